The van der Waals surface area contributed by atoms with Crippen LogP contribution in [0, 0.1) is 6.92 Å². The second kappa shape index (κ2) is 7.57. The Kier molecular flexibility index (Phi) is 5.21. The normalized spacial score (nSPS) is 10.9. The largest absolute Gasteiger partial charge is 0.507 e. The quantitative estimate of drug-likeness (QED) is 0.501. The van der Waals surface area contributed by atoms with E-state index >= 15 is 0 Å². The van der Waals surface area contributed by atoms with Crippen molar-refractivity contribution in [3.8, 4) is 23.0 Å². The summed E-state index contributed by atoms with van der Waals surface area (Å²) >= 11 is 0. The summed E-state index contributed by atoms with van der Waals surface area (Å²) in [4.78, 5) is 8.28. The number of aromatic hydroxyl groups is 1. The fourth-order valence-corrected chi connectivity index (χ4v) is 2.76. The number of nitrogens with zero attached hydrogens (tertiary/aromatic N) is 2. The van der Waals surface area contributed by atoms with E-state index in [4.69, 9.17) is 4.42 Å². The SMILES string of the molecule is CC.Cc1cc(-c2cc3c(O)cccc3o2)c2ncc(OC(F)F)nc2c1. The number of aryl methyl sites for hydroxylation is 1. The second-order valence-corrected chi connectivity index (χ2v) is 5.57. The fraction of sp³-hybridized carbons (Fsp3) is 0.200. The van der Waals surface area contributed by atoms with Gasteiger partial charge < -0.3 is 14.3 Å². The Labute approximate surface area is 154 Å². The van der Waals surface area contributed by atoms with Crippen LogP contribution in [0.5, 0.6) is 11.6 Å². The summed E-state index contributed by atoms with van der Waals surface area (Å²) in [5.41, 5.74) is 2.95. The molecule has 0 radical (unpaired) electrons. The van der Waals surface area contributed by atoms with Crippen LogP contribution in [0.25, 0.3) is 33.3 Å². The summed E-state index contributed by atoms with van der Waals surface area (Å²) in [5, 5.41) is 10.5. The molecule has 5 nitrogen and oxygen atoms in total. The van der Waals surface area contributed by atoms with Crippen molar-refractivity contribution >= 4 is 22.0 Å². The minimum Gasteiger partial charge on any atom is -0.507 e. The molecule has 7 heteroatoms. The molecular weight excluding hydrogens is 354 g/mol. The van der Waals surface area contributed by atoms with Crippen molar-refractivity contribution in [2.24, 2.45) is 0 Å². The fourth-order valence-electron chi connectivity index (χ4n) is 2.76. The van der Waals surface area contributed by atoms with Gasteiger partial charge in [-0.1, -0.05) is 19.9 Å². The number of halogens is 2. The Morgan fingerprint density at radius 2 is 1.93 bits per heavy atom. The predicted molar refractivity (Wildman–Crippen MR) is 99.1 cm³/mol. The summed E-state index contributed by atoms with van der Waals surface area (Å²) in [6.45, 7) is 2.89. The Morgan fingerprint density at radius 1 is 1.15 bits per heavy atom. The molecule has 4 rings (SSSR count). The molecule has 0 saturated carbocycles. The molecule has 0 aliphatic carbocycles. The first-order chi connectivity index (χ1) is 13.0. The van der Waals surface area contributed by atoms with Crippen LogP contribution in [0.1, 0.15) is 19.4 Å². The van der Waals surface area contributed by atoms with Crippen molar-refractivity contribution in [3.05, 3.63) is 48.2 Å². The van der Waals surface area contributed by atoms with E-state index in [-0.39, 0.29) is 11.6 Å². The van der Waals surface area contributed by atoms with Gasteiger partial charge in [-0.3, -0.25) is 0 Å². The average Bonchev–Trinajstić information content (AvgIpc) is 3.07. The topological polar surface area (TPSA) is 68.4 Å². The minimum absolute atomic E-state index is 0.114. The van der Waals surface area contributed by atoms with Crippen molar-refractivity contribution < 1.29 is 23.0 Å². The zero-order valence-corrected chi connectivity index (χ0v) is 15.0. The highest BCUT2D eigenvalue weighted by molar-refractivity contribution is 5.95. The van der Waals surface area contributed by atoms with E-state index in [1.54, 1.807) is 30.3 Å². The third-order valence-electron chi connectivity index (χ3n) is 3.78. The molecule has 0 saturated heterocycles. The standard InChI is InChI=1S/C18H12F2N2O3.C2H6/c1-9-5-11(15-7-10-13(23)3-2-4-14(10)24-15)17-12(6-9)22-16(8-21-17)25-18(19)20;1-2/h2-8,18,23H,1H3;1-2H3. The molecule has 27 heavy (non-hydrogen) atoms. The molecule has 140 valence electrons. The van der Waals surface area contributed by atoms with Crippen LogP contribution in [-0.2, 0) is 0 Å². The first-order valence-electron chi connectivity index (χ1n) is 8.45. The molecule has 0 amide bonds. The molecule has 0 bridgehead atoms. The van der Waals surface area contributed by atoms with Gasteiger partial charge in [0.1, 0.15) is 17.1 Å². The third kappa shape index (κ3) is 3.67. The van der Waals surface area contributed by atoms with Gasteiger partial charge in [-0.2, -0.15) is 8.78 Å². The van der Waals surface area contributed by atoms with E-state index in [9.17, 15) is 13.9 Å². The van der Waals surface area contributed by atoms with Gasteiger partial charge in [0.15, 0.2) is 0 Å². The van der Waals surface area contributed by atoms with Crippen LogP contribution in [0.4, 0.5) is 8.78 Å². The smallest absolute Gasteiger partial charge is 0.388 e. The number of ether oxygens (including phenoxy) is 1. The van der Waals surface area contributed by atoms with Gasteiger partial charge in [-0.05, 0) is 42.8 Å². The molecular formula is C20H18F2N2O3. The van der Waals surface area contributed by atoms with Crippen molar-refractivity contribution in [3.63, 3.8) is 0 Å². The number of benzene rings is 2. The monoisotopic (exact) mass is 372 g/mol. The molecule has 2 aromatic heterocycles. The lowest BCUT2D eigenvalue weighted by atomic mass is 10.1. The van der Waals surface area contributed by atoms with Crippen molar-refractivity contribution in [1.29, 1.82) is 0 Å². The Morgan fingerprint density at radius 3 is 2.63 bits per heavy atom. The van der Waals surface area contributed by atoms with Gasteiger partial charge in [0.25, 0.3) is 0 Å². The molecule has 4 aromatic rings. The van der Waals surface area contributed by atoms with E-state index < -0.39 is 6.61 Å². The maximum absolute atomic E-state index is 12.4. The second-order valence-electron chi connectivity index (χ2n) is 5.57. The maximum Gasteiger partial charge on any atom is 0.388 e. The lowest BCUT2D eigenvalue weighted by molar-refractivity contribution is -0.0528. The van der Waals surface area contributed by atoms with E-state index in [2.05, 4.69) is 14.7 Å². The van der Waals surface area contributed by atoms with Crippen LogP contribution < -0.4 is 4.74 Å². The summed E-state index contributed by atoms with van der Waals surface area (Å²) in [5.74, 6) is 0.367. The molecule has 0 atom stereocenters. The lowest BCUT2D eigenvalue weighted by Crippen LogP contribution is -2.04. The molecule has 0 unspecified atom stereocenters. The number of furan rings is 1. The van der Waals surface area contributed by atoms with Crippen LogP contribution in [-0.4, -0.2) is 21.7 Å². The molecule has 0 fully saturated rings. The van der Waals surface area contributed by atoms with Crippen molar-refractivity contribution in [1.82, 2.24) is 9.97 Å². The molecule has 1 N–H and O–H groups in total. The van der Waals surface area contributed by atoms with E-state index in [1.165, 1.54) is 0 Å². The number of hydrogen-bond donors (Lipinski definition) is 1. The molecule has 0 aliphatic rings. The number of phenolic OH excluding ortho intramolecular Hbond substituents is 1. The zero-order valence-electron chi connectivity index (χ0n) is 15.0. The van der Waals surface area contributed by atoms with Gasteiger partial charge in [0.2, 0.25) is 5.88 Å². The molecule has 2 heterocycles. The predicted octanol–water partition coefficient (Wildman–Crippen LogP) is 5.68. The highest BCUT2D eigenvalue weighted by atomic mass is 19.3. The van der Waals surface area contributed by atoms with E-state index in [0.717, 1.165) is 11.8 Å². The van der Waals surface area contributed by atoms with E-state index in [0.29, 0.717) is 33.3 Å². The summed E-state index contributed by atoms with van der Waals surface area (Å²) in [6.07, 6.45) is 1.15. The van der Waals surface area contributed by atoms with Crippen molar-refractivity contribution in [2.75, 3.05) is 0 Å². The van der Waals surface area contributed by atoms with Gasteiger partial charge in [-0.15, -0.1) is 0 Å². The maximum atomic E-state index is 12.4. The van der Waals surface area contributed by atoms with Gasteiger partial charge in [-0.25, -0.2) is 9.97 Å². The van der Waals surface area contributed by atoms with Crippen LogP contribution in [0.15, 0.2) is 47.0 Å². The Hall–Kier alpha value is -3.22. The zero-order chi connectivity index (χ0) is 19.6. The number of alkyl halides is 2. The van der Waals surface area contributed by atoms with Crippen LogP contribution in [0.3, 0.4) is 0 Å². The average molecular weight is 372 g/mol. The van der Waals surface area contributed by atoms with E-state index in [1.807, 2.05) is 26.8 Å². The summed E-state index contributed by atoms with van der Waals surface area (Å²) in [6, 6.07) is 10.3. The number of fused-ring (bicyclic) bond motifs is 2. The van der Waals surface area contributed by atoms with Gasteiger partial charge >= 0.3 is 6.61 Å². The first kappa shape index (κ1) is 18.6. The third-order valence-corrected chi connectivity index (χ3v) is 3.78. The minimum atomic E-state index is -2.96. The van der Waals surface area contributed by atoms with Gasteiger partial charge in [0, 0.05) is 5.56 Å². The number of aromatic nitrogens is 2. The molecule has 0 spiro atoms. The van der Waals surface area contributed by atoms with Crippen LogP contribution >= 0.6 is 0 Å². The van der Waals surface area contributed by atoms with Gasteiger partial charge in [0.05, 0.1) is 22.6 Å². The summed E-state index contributed by atoms with van der Waals surface area (Å²) in [7, 11) is 0. The highest BCUT2D eigenvalue weighted by Gasteiger charge is 2.15. The highest BCUT2D eigenvalue weighted by Crippen LogP contribution is 2.36. The number of phenols is 1. The Bertz CT molecular complexity index is 1090. The number of hydrogen-bond acceptors (Lipinski definition) is 5. The van der Waals surface area contributed by atoms with Crippen LogP contribution in [0.2, 0.25) is 0 Å². The molecule has 2 aromatic carbocycles. The first-order valence-corrected chi connectivity index (χ1v) is 8.45. The lowest BCUT2D eigenvalue weighted by Gasteiger charge is -2.07. The Balaban J connectivity index is 0.00000102. The van der Waals surface area contributed by atoms with Crippen molar-refractivity contribution in [2.45, 2.75) is 27.4 Å². The number of rotatable bonds is 3. The summed E-state index contributed by atoms with van der Waals surface area (Å²) < 4.78 is 34.9. The molecule has 0 aliphatic heterocycles.